The Morgan fingerprint density at radius 2 is 2.42 bits per heavy atom. The molecule has 19 heavy (non-hydrogen) atoms. The van der Waals surface area contributed by atoms with Crippen LogP contribution in [0.15, 0.2) is 24.5 Å². The number of tetrazole rings is 1. The van der Waals surface area contributed by atoms with Crippen LogP contribution in [0, 0.1) is 0 Å². The molecule has 1 saturated heterocycles. The summed E-state index contributed by atoms with van der Waals surface area (Å²) >= 11 is 0. The van der Waals surface area contributed by atoms with Crippen LogP contribution in [0.4, 0.5) is 0 Å². The number of hydrogen-bond acceptors (Lipinski definition) is 6. The smallest absolute Gasteiger partial charge is 0.188 e. The molecule has 0 aliphatic carbocycles. The fraction of sp³-hybridized carbons (Fsp3) is 0.500. The normalized spacial score (nSPS) is 19.7. The number of ether oxygens (including phenoxy) is 1. The molecular weight excluding hydrogens is 244 g/mol. The Bertz CT molecular complexity index is 528. The number of hydrogen-bond donors (Lipinski definition) is 0. The fourth-order valence-corrected chi connectivity index (χ4v) is 2.23. The van der Waals surface area contributed by atoms with Crippen LogP contribution in [0.2, 0.25) is 0 Å². The van der Waals surface area contributed by atoms with Crippen LogP contribution in [-0.2, 0) is 13.6 Å². The highest BCUT2D eigenvalue weighted by Gasteiger charge is 2.25. The van der Waals surface area contributed by atoms with Gasteiger partial charge in [0.1, 0.15) is 11.9 Å². The molecule has 2 aromatic heterocycles. The van der Waals surface area contributed by atoms with Crippen molar-refractivity contribution in [3.8, 4) is 5.75 Å². The van der Waals surface area contributed by atoms with Gasteiger partial charge in [0.25, 0.3) is 0 Å². The first-order valence-electron chi connectivity index (χ1n) is 6.31. The van der Waals surface area contributed by atoms with Gasteiger partial charge in [-0.2, -0.15) is 4.80 Å². The second kappa shape index (κ2) is 5.31. The molecular formula is C12H16N6O. The van der Waals surface area contributed by atoms with Crippen molar-refractivity contribution < 1.29 is 4.74 Å². The van der Waals surface area contributed by atoms with E-state index in [2.05, 4.69) is 25.3 Å². The standard InChI is InChI=1S/C12H16N6O/c1-17-15-12(14-16-17)9-18-6-4-11(8-18)19-10-3-2-5-13-7-10/h2-3,5,7,11H,4,6,8-9H2,1H3. The topological polar surface area (TPSA) is 69.0 Å². The molecule has 0 saturated carbocycles. The van der Waals surface area contributed by atoms with E-state index in [1.54, 1.807) is 19.4 Å². The summed E-state index contributed by atoms with van der Waals surface area (Å²) in [5, 5.41) is 12.0. The SMILES string of the molecule is Cn1nnc(CN2CCC(Oc3cccnc3)C2)n1. The molecule has 0 radical (unpaired) electrons. The lowest BCUT2D eigenvalue weighted by Crippen LogP contribution is -2.25. The largest absolute Gasteiger partial charge is 0.487 e. The van der Waals surface area contributed by atoms with Crippen molar-refractivity contribution in [3.05, 3.63) is 30.4 Å². The van der Waals surface area contributed by atoms with Gasteiger partial charge in [-0.25, -0.2) is 0 Å². The summed E-state index contributed by atoms with van der Waals surface area (Å²) in [5.41, 5.74) is 0. The van der Waals surface area contributed by atoms with Gasteiger partial charge < -0.3 is 4.74 Å². The van der Waals surface area contributed by atoms with E-state index in [9.17, 15) is 0 Å². The second-order valence-electron chi connectivity index (χ2n) is 4.65. The molecule has 1 unspecified atom stereocenters. The van der Waals surface area contributed by atoms with Crippen molar-refractivity contribution in [2.24, 2.45) is 7.05 Å². The van der Waals surface area contributed by atoms with Crippen molar-refractivity contribution in [2.45, 2.75) is 19.1 Å². The van der Waals surface area contributed by atoms with Crippen molar-refractivity contribution in [3.63, 3.8) is 0 Å². The summed E-state index contributed by atoms with van der Waals surface area (Å²) in [7, 11) is 1.77. The molecule has 1 aliphatic heterocycles. The molecule has 0 spiro atoms. The Balaban J connectivity index is 1.53. The summed E-state index contributed by atoms with van der Waals surface area (Å²) in [6, 6.07) is 3.81. The van der Waals surface area contributed by atoms with Gasteiger partial charge >= 0.3 is 0 Å². The summed E-state index contributed by atoms with van der Waals surface area (Å²) < 4.78 is 5.88. The van der Waals surface area contributed by atoms with Crippen LogP contribution in [0.5, 0.6) is 5.75 Å². The maximum absolute atomic E-state index is 5.88. The quantitative estimate of drug-likeness (QED) is 0.785. The molecule has 7 nitrogen and oxygen atoms in total. The van der Waals surface area contributed by atoms with E-state index >= 15 is 0 Å². The minimum absolute atomic E-state index is 0.209. The zero-order chi connectivity index (χ0) is 13.1. The number of nitrogens with zero attached hydrogens (tertiary/aromatic N) is 6. The Morgan fingerprint density at radius 1 is 1.47 bits per heavy atom. The van der Waals surface area contributed by atoms with E-state index in [-0.39, 0.29) is 6.10 Å². The van der Waals surface area contributed by atoms with Gasteiger partial charge in [0.05, 0.1) is 19.8 Å². The van der Waals surface area contributed by atoms with Crippen molar-refractivity contribution in [1.29, 1.82) is 0 Å². The Hall–Kier alpha value is -2.02. The Labute approximate surface area is 111 Å². The number of aromatic nitrogens is 5. The van der Waals surface area contributed by atoms with E-state index in [0.29, 0.717) is 0 Å². The summed E-state index contributed by atoms with van der Waals surface area (Å²) in [6.07, 6.45) is 4.70. The zero-order valence-corrected chi connectivity index (χ0v) is 10.8. The Morgan fingerprint density at radius 3 is 3.16 bits per heavy atom. The van der Waals surface area contributed by atoms with Crippen molar-refractivity contribution in [2.75, 3.05) is 13.1 Å². The molecule has 1 atom stereocenters. The molecule has 3 rings (SSSR count). The lowest BCUT2D eigenvalue weighted by molar-refractivity contribution is 0.196. The predicted molar refractivity (Wildman–Crippen MR) is 67.3 cm³/mol. The third-order valence-electron chi connectivity index (χ3n) is 3.08. The molecule has 0 bridgehead atoms. The highest BCUT2D eigenvalue weighted by atomic mass is 16.5. The third kappa shape index (κ3) is 3.05. The van der Waals surface area contributed by atoms with Gasteiger partial charge in [0, 0.05) is 19.3 Å². The van der Waals surface area contributed by atoms with Crippen LogP contribution in [-0.4, -0.2) is 49.3 Å². The van der Waals surface area contributed by atoms with E-state index < -0.39 is 0 Å². The van der Waals surface area contributed by atoms with Gasteiger partial charge in [-0.05, 0) is 23.8 Å². The van der Waals surface area contributed by atoms with E-state index in [0.717, 1.165) is 37.6 Å². The number of pyridine rings is 1. The minimum Gasteiger partial charge on any atom is -0.487 e. The maximum atomic E-state index is 5.88. The van der Waals surface area contributed by atoms with Crippen molar-refractivity contribution in [1.82, 2.24) is 30.1 Å². The van der Waals surface area contributed by atoms with Crippen LogP contribution in [0.1, 0.15) is 12.2 Å². The first-order valence-corrected chi connectivity index (χ1v) is 6.31. The first-order chi connectivity index (χ1) is 9.29. The monoisotopic (exact) mass is 260 g/mol. The number of likely N-dealkylation sites (tertiary alicyclic amines) is 1. The van der Waals surface area contributed by atoms with E-state index in [1.165, 1.54) is 4.80 Å². The first kappa shape index (κ1) is 12.0. The molecule has 0 N–H and O–H groups in total. The van der Waals surface area contributed by atoms with Gasteiger partial charge in [-0.3, -0.25) is 9.88 Å². The highest BCUT2D eigenvalue weighted by Crippen LogP contribution is 2.18. The lowest BCUT2D eigenvalue weighted by Gasteiger charge is -2.15. The summed E-state index contributed by atoms with van der Waals surface area (Å²) in [5.74, 6) is 1.58. The average molecular weight is 260 g/mol. The lowest BCUT2D eigenvalue weighted by atomic mass is 10.3. The van der Waals surface area contributed by atoms with E-state index in [4.69, 9.17) is 4.74 Å². The van der Waals surface area contributed by atoms with Crippen LogP contribution < -0.4 is 4.74 Å². The third-order valence-corrected chi connectivity index (χ3v) is 3.08. The molecule has 0 aromatic carbocycles. The average Bonchev–Trinajstić information content (AvgIpc) is 3.01. The van der Waals surface area contributed by atoms with Crippen LogP contribution in [0.25, 0.3) is 0 Å². The molecule has 3 heterocycles. The van der Waals surface area contributed by atoms with Gasteiger partial charge in [-0.15, -0.1) is 10.2 Å². The molecule has 2 aromatic rings. The van der Waals surface area contributed by atoms with Gasteiger partial charge in [-0.1, -0.05) is 0 Å². The fourth-order valence-electron chi connectivity index (χ4n) is 2.23. The summed E-state index contributed by atoms with van der Waals surface area (Å²) in [6.45, 7) is 2.59. The Kier molecular flexibility index (Phi) is 3.37. The molecule has 0 amide bonds. The highest BCUT2D eigenvalue weighted by molar-refractivity contribution is 5.16. The predicted octanol–water partition coefficient (Wildman–Crippen LogP) is 0.258. The molecule has 100 valence electrons. The number of rotatable bonds is 4. The maximum Gasteiger partial charge on any atom is 0.188 e. The summed E-state index contributed by atoms with van der Waals surface area (Å²) in [4.78, 5) is 7.80. The van der Waals surface area contributed by atoms with Gasteiger partial charge in [0.2, 0.25) is 0 Å². The van der Waals surface area contributed by atoms with Crippen molar-refractivity contribution >= 4 is 0 Å². The minimum atomic E-state index is 0.209. The van der Waals surface area contributed by atoms with Crippen LogP contribution >= 0.6 is 0 Å². The molecule has 1 fully saturated rings. The van der Waals surface area contributed by atoms with E-state index in [1.807, 2.05) is 12.1 Å². The van der Waals surface area contributed by atoms with Gasteiger partial charge in [0.15, 0.2) is 5.82 Å². The molecule has 7 heteroatoms. The molecule has 1 aliphatic rings. The zero-order valence-electron chi connectivity index (χ0n) is 10.8. The second-order valence-corrected chi connectivity index (χ2v) is 4.65. The van der Waals surface area contributed by atoms with Crippen LogP contribution in [0.3, 0.4) is 0 Å². The number of aryl methyl sites for hydroxylation is 1.